The van der Waals surface area contributed by atoms with E-state index in [1.54, 1.807) is 20.8 Å². The van der Waals surface area contributed by atoms with Crippen molar-refractivity contribution in [2.24, 2.45) is 0 Å². The zero-order valence-corrected chi connectivity index (χ0v) is 15.2. The normalized spacial score (nSPS) is 13.2. The van der Waals surface area contributed by atoms with Gasteiger partial charge < -0.3 is 20.3 Å². The third-order valence-corrected chi connectivity index (χ3v) is 3.72. The molecular weight excluding hydrogens is 411 g/mol. The molecular formula is C15H17BrF3NO5. The van der Waals surface area contributed by atoms with Gasteiger partial charge in [0.05, 0.1) is 10.0 Å². The van der Waals surface area contributed by atoms with E-state index < -0.39 is 52.1 Å². The number of carbonyl (C=O) groups is 2. The number of halogens is 4. The summed E-state index contributed by atoms with van der Waals surface area (Å²) in [4.78, 5) is 23.0. The molecule has 0 aliphatic heterocycles. The van der Waals surface area contributed by atoms with Gasteiger partial charge in [0.25, 0.3) is 0 Å². The van der Waals surface area contributed by atoms with E-state index in [0.29, 0.717) is 6.07 Å². The number of carbonyl (C=O) groups excluding carboxylic acids is 1. The van der Waals surface area contributed by atoms with Crippen molar-refractivity contribution in [3.63, 3.8) is 0 Å². The molecule has 0 saturated heterocycles. The summed E-state index contributed by atoms with van der Waals surface area (Å²) in [6, 6.07) is 0.172. The number of rotatable bonds is 4. The highest BCUT2D eigenvalue weighted by Crippen LogP contribution is 2.41. The fourth-order valence-electron chi connectivity index (χ4n) is 1.86. The molecule has 1 unspecified atom stereocenters. The Labute approximate surface area is 150 Å². The van der Waals surface area contributed by atoms with Crippen molar-refractivity contribution >= 4 is 28.0 Å². The van der Waals surface area contributed by atoms with E-state index in [2.05, 4.69) is 21.2 Å². The van der Waals surface area contributed by atoms with Crippen LogP contribution in [-0.4, -0.2) is 33.9 Å². The van der Waals surface area contributed by atoms with Crippen molar-refractivity contribution in [3.8, 4) is 5.75 Å². The Morgan fingerprint density at radius 1 is 1.28 bits per heavy atom. The second kappa shape index (κ2) is 7.51. The average Bonchev–Trinajstić information content (AvgIpc) is 2.39. The van der Waals surface area contributed by atoms with Crippen molar-refractivity contribution < 1.29 is 37.7 Å². The number of phenols is 1. The third kappa shape index (κ3) is 6.11. The summed E-state index contributed by atoms with van der Waals surface area (Å²) in [5, 5.41) is 21.2. The first-order chi connectivity index (χ1) is 11.2. The van der Waals surface area contributed by atoms with Crippen molar-refractivity contribution in [2.75, 3.05) is 0 Å². The molecule has 1 aromatic rings. The van der Waals surface area contributed by atoms with Gasteiger partial charge in [-0.25, -0.2) is 9.59 Å². The molecule has 0 aromatic heterocycles. The summed E-state index contributed by atoms with van der Waals surface area (Å²) in [5.74, 6) is -2.17. The zero-order valence-electron chi connectivity index (χ0n) is 13.6. The highest BCUT2D eigenvalue weighted by atomic mass is 79.9. The van der Waals surface area contributed by atoms with Gasteiger partial charge in [0.1, 0.15) is 17.4 Å². The number of hydrogen-bond donors (Lipinski definition) is 3. The summed E-state index contributed by atoms with van der Waals surface area (Å²) in [5.41, 5.74) is -2.03. The van der Waals surface area contributed by atoms with Crippen molar-refractivity contribution in [2.45, 2.75) is 45.0 Å². The second-order valence-electron chi connectivity index (χ2n) is 6.17. The highest BCUT2D eigenvalue weighted by Gasteiger charge is 2.35. The number of aliphatic carboxylic acids is 1. The molecule has 0 bridgehead atoms. The fraction of sp³-hybridized carbons (Fsp3) is 0.467. The van der Waals surface area contributed by atoms with E-state index in [4.69, 9.17) is 4.74 Å². The van der Waals surface area contributed by atoms with Crippen molar-refractivity contribution in [3.05, 3.63) is 27.7 Å². The van der Waals surface area contributed by atoms with Crippen LogP contribution in [0.5, 0.6) is 5.75 Å². The lowest BCUT2D eigenvalue weighted by atomic mass is 10.0. The minimum Gasteiger partial charge on any atom is -0.506 e. The number of carboxylic acid groups (broad SMARTS) is 1. The van der Waals surface area contributed by atoms with Crippen LogP contribution in [-0.2, 0) is 22.1 Å². The molecule has 140 valence electrons. The number of ether oxygens (including phenoxy) is 1. The van der Waals surface area contributed by atoms with Gasteiger partial charge in [0.15, 0.2) is 0 Å². The Morgan fingerprint density at radius 2 is 1.84 bits per heavy atom. The number of benzene rings is 1. The number of phenolic OH excluding ortho intramolecular Hbond substituents is 1. The van der Waals surface area contributed by atoms with Gasteiger partial charge in [-0.3, -0.25) is 0 Å². The molecule has 0 heterocycles. The number of hydrogen-bond acceptors (Lipinski definition) is 4. The van der Waals surface area contributed by atoms with Crippen LogP contribution < -0.4 is 5.32 Å². The summed E-state index contributed by atoms with van der Waals surface area (Å²) < 4.78 is 42.7. The molecule has 0 spiro atoms. The van der Waals surface area contributed by atoms with Crippen molar-refractivity contribution in [1.82, 2.24) is 5.32 Å². The lowest BCUT2D eigenvalue weighted by molar-refractivity contribution is -0.140. The van der Waals surface area contributed by atoms with Gasteiger partial charge in [-0.1, -0.05) is 6.07 Å². The predicted octanol–water partition coefficient (Wildman–Crippen LogP) is 3.69. The molecule has 0 aliphatic rings. The van der Waals surface area contributed by atoms with E-state index in [9.17, 15) is 33.0 Å². The number of alkyl halides is 3. The van der Waals surface area contributed by atoms with Crippen LogP contribution in [0.25, 0.3) is 0 Å². The lowest BCUT2D eigenvalue weighted by Crippen LogP contribution is -2.44. The smallest absolute Gasteiger partial charge is 0.417 e. The van der Waals surface area contributed by atoms with Crippen LogP contribution >= 0.6 is 15.9 Å². The molecule has 0 radical (unpaired) electrons. The Balaban J connectivity index is 3.02. The minimum atomic E-state index is -4.68. The van der Waals surface area contributed by atoms with Crippen LogP contribution in [0.2, 0.25) is 0 Å². The quantitative estimate of drug-likeness (QED) is 0.680. The van der Waals surface area contributed by atoms with Gasteiger partial charge in [-0.05, 0) is 48.3 Å². The van der Waals surface area contributed by atoms with E-state index in [-0.39, 0.29) is 5.56 Å². The lowest BCUT2D eigenvalue weighted by Gasteiger charge is -2.22. The first-order valence-corrected chi connectivity index (χ1v) is 7.81. The van der Waals surface area contributed by atoms with Crippen LogP contribution in [0, 0.1) is 0 Å². The Morgan fingerprint density at radius 3 is 2.28 bits per heavy atom. The Bertz CT molecular complexity index is 670. The molecule has 1 amide bonds. The number of alkyl carbamates (subject to hydrolysis) is 1. The number of aromatic hydroxyl groups is 1. The van der Waals surface area contributed by atoms with E-state index in [1.165, 1.54) is 0 Å². The second-order valence-corrected chi connectivity index (χ2v) is 6.97. The van der Waals surface area contributed by atoms with E-state index in [1.807, 2.05) is 0 Å². The predicted molar refractivity (Wildman–Crippen MR) is 85.3 cm³/mol. The van der Waals surface area contributed by atoms with Gasteiger partial charge in [0.2, 0.25) is 0 Å². The maximum Gasteiger partial charge on any atom is 0.417 e. The number of carboxylic acids is 1. The Kier molecular flexibility index (Phi) is 6.33. The zero-order chi connectivity index (χ0) is 19.6. The maximum absolute atomic E-state index is 12.8. The topological polar surface area (TPSA) is 95.9 Å². The van der Waals surface area contributed by atoms with Crippen LogP contribution in [0.15, 0.2) is 16.6 Å². The van der Waals surface area contributed by atoms with Crippen molar-refractivity contribution in [1.29, 1.82) is 0 Å². The van der Waals surface area contributed by atoms with Gasteiger partial charge >= 0.3 is 18.2 Å². The van der Waals surface area contributed by atoms with Gasteiger partial charge in [-0.15, -0.1) is 0 Å². The molecule has 25 heavy (non-hydrogen) atoms. The summed E-state index contributed by atoms with van der Waals surface area (Å²) in [7, 11) is 0. The molecule has 3 N–H and O–H groups in total. The molecule has 0 saturated carbocycles. The van der Waals surface area contributed by atoms with Gasteiger partial charge in [-0.2, -0.15) is 13.2 Å². The monoisotopic (exact) mass is 427 g/mol. The van der Waals surface area contributed by atoms with Crippen LogP contribution in [0.4, 0.5) is 18.0 Å². The highest BCUT2D eigenvalue weighted by molar-refractivity contribution is 9.10. The molecule has 0 fully saturated rings. The standard InChI is InChI=1S/C15H17BrF3NO5/c1-14(2,3)25-13(24)20-9(12(22)23)6-7-4-5-8(15(17,18)19)10(16)11(7)21/h4-5,9,21H,6H2,1-3H3,(H,20,24)(H,22,23). The Hall–Kier alpha value is -1.97. The number of nitrogens with one attached hydrogen (secondary N) is 1. The first-order valence-electron chi connectivity index (χ1n) is 7.02. The largest absolute Gasteiger partial charge is 0.506 e. The molecule has 1 atom stereocenters. The van der Waals surface area contributed by atoms with E-state index in [0.717, 1.165) is 6.07 Å². The summed E-state index contributed by atoms with van der Waals surface area (Å²) in [6.07, 6.45) is -6.11. The van der Waals surface area contributed by atoms with E-state index >= 15 is 0 Å². The van der Waals surface area contributed by atoms with Gasteiger partial charge in [0, 0.05) is 6.42 Å². The third-order valence-electron chi connectivity index (χ3n) is 2.92. The molecule has 6 nitrogen and oxygen atoms in total. The molecule has 10 heteroatoms. The molecule has 0 aliphatic carbocycles. The fourth-order valence-corrected chi connectivity index (χ4v) is 2.47. The first kappa shape index (κ1) is 21.1. The maximum atomic E-state index is 12.8. The number of amides is 1. The molecule has 1 aromatic carbocycles. The molecule has 1 rings (SSSR count). The van der Waals surface area contributed by atoms with Crippen LogP contribution in [0.3, 0.4) is 0 Å². The summed E-state index contributed by atoms with van der Waals surface area (Å²) in [6.45, 7) is 4.75. The average molecular weight is 428 g/mol. The summed E-state index contributed by atoms with van der Waals surface area (Å²) >= 11 is 2.65. The van der Waals surface area contributed by atoms with Crippen LogP contribution in [0.1, 0.15) is 31.9 Å². The SMILES string of the molecule is CC(C)(C)OC(=O)NC(Cc1ccc(C(F)(F)F)c(Br)c1O)C(=O)O. The minimum absolute atomic E-state index is 0.0802.